The maximum atomic E-state index is 13.2. The van der Waals surface area contributed by atoms with Gasteiger partial charge >= 0.3 is 0 Å². The Hall–Kier alpha value is -1.94. The monoisotopic (exact) mass is 495 g/mol. The Balaban J connectivity index is 1.37. The Morgan fingerprint density at radius 3 is 2.47 bits per heavy atom. The van der Waals surface area contributed by atoms with Gasteiger partial charge in [0.05, 0.1) is 35.2 Å². The third-order valence-electron chi connectivity index (χ3n) is 6.00. The lowest BCUT2D eigenvalue weighted by atomic mass is 10.1. The van der Waals surface area contributed by atoms with Crippen molar-refractivity contribution >= 4 is 44.6 Å². The van der Waals surface area contributed by atoms with Gasteiger partial charge in [-0.1, -0.05) is 29.8 Å². The molecule has 3 heterocycles. The Kier molecular flexibility index (Phi) is 7.19. The standard InChI is InChI=1S/C22H26ClN3O4S2/c23-20-6-2-1-5-19(20)22(28)25-10-8-24(9-11-25)15-21(27)26(14-18-4-3-12-31-18)17-7-13-32(29,30)16-17/h1-6,12,17H,7-11,13-16H2. The van der Waals surface area contributed by atoms with E-state index in [1.807, 2.05) is 22.4 Å². The van der Waals surface area contributed by atoms with Crippen molar-refractivity contribution in [2.45, 2.75) is 19.0 Å². The summed E-state index contributed by atoms with van der Waals surface area (Å²) in [5.74, 6) is 0.00214. The minimum absolute atomic E-state index is 0.0320. The van der Waals surface area contributed by atoms with Crippen molar-refractivity contribution in [1.82, 2.24) is 14.7 Å². The molecule has 1 aromatic heterocycles. The van der Waals surface area contributed by atoms with E-state index in [9.17, 15) is 18.0 Å². The second-order valence-electron chi connectivity index (χ2n) is 8.21. The first kappa shape index (κ1) is 23.2. The second-order valence-corrected chi connectivity index (χ2v) is 11.9. The molecule has 0 saturated carbocycles. The lowest BCUT2D eigenvalue weighted by molar-refractivity contribution is -0.135. The quantitative estimate of drug-likeness (QED) is 0.615. The van der Waals surface area contributed by atoms with E-state index in [0.29, 0.717) is 49.7 Å². The predicted octanol–water partition coefficient (Wildman–Crippen LogP) is 2.38. The van der Waals surface area contributed by atoms with Crippen LogP contribution in [-0.4, -0.2) is 85.2 Å². The maximum Gasteiger partial charge on any atom is 0.255 e. The molecule has 0 spiro atoms. The number of amides is 2. The number of nitrogens with zero attached hydrogens (tertiary/aromatic N) is 3. The van der Waals surface area contributed by atoms with Crippen LogP contribution in [0.25, 0.3) is 0 Å². The molecule has 2 aromatic rings. The van der Waals surface area contributed by atoms with Crippen molar-refractivity contribution in [2.75, 3.05) is 44.2 Å². The van der Waals surface area contributed by atoms with Crippen molar-refractivity contribution in [3.63, 3.8) is 0 Å². The Bertz CT molecular complexity index is 1070. The van der Waals surface area contributed by atoms with Crippen LogP contribution in [0.15, 0.2) is 41.8 Å². The first-order valence-corrected chi connectivity index (χ1v) is 13.7. The van der Waals surface area contributed by atoms with Gasteiger partial charge in [-0.25, -0.2) is 8.42 Å². The molecule has 0 radical (unpaired) electrons. The van der Waals surface area contributed by atoms with Crippen LogP contribution in [0.1, 0.15) is 21.7 Å². The van der Waals surface area contributed by atoms with Crippen LogP contribution in [-0.2, 0) is 21.2 Å². The van der Waals surface area contributed by atoms with Gasteiger partial charge < -0.3 is 9.80 Å². The smallest absolute Gasteiger partial charge is 0.255 e. The van der Waals surface area contributed by atoms with Crippen LogP contribution in [0, 0.1) is 0 Å². The van der Waals surface area contributed by atoms with Crippen LogP contribution in [0.4, 0.5) is 0 Å². The minimum Gasteiger partial charge on any atom is -0.336 e. The number of hydrogen-bond donors (Lipinski definition) is 0. The van der Waals surface area contributed by atoms with Crippen molar-refractivity contribution in [2.24, 2.45) is 0 Å². The van der Waals surface area contributed by atoms with E-state index in [-0.39, 0.29) is 35.9 Å². The van der Waals surface area contributed by atoms with Gasteiger partial charge in [0.15, 0.2) is 9.84 Å². The zero-order valence-electron chi connectivity index (χ0n) is 17.7. The minimum atomic E-state index is -3.09. The van der Waals surface area contributed by atoms with Gasteiger partial charge in [0, 0.05) is 37.1 Å². The van der Waals surface area contributed by atoms with Gasteiger partial charge in [0.25, 0.3) is 5.91 Å². The molecule has 172 valence electrons. The Labute approximate surface area is 197 Å². The van der Waals surface area contributed by atoms with Gasteiger partial charge in [-0.05, 0) is 30.0 Å². The molecule has 32 heavy (non-hydrogen) atoms. The zero-order valence-corrected chi connectivity index (χ0v) is 20.0. The Morgan fingerprint density at radius 1 is 1.09 bits per heavy atom. The van der Waals surface area contributed by atoms with Crippen LogP contribution in [0.5, 0.6) is 0 Å². The number of rotatable bonds is 6. The summed E-state index contributed by atoms with van der Waals surface area (Å²) in [5.41, 5.74) is 0.489. The first-order chi connectivity index (χ1) is 15.3. The number of piperazine rings is 1. The van der Waals surface area contributed by atoms with Gasteiger partial charge in [-0.15, -0.1) is 11.3 Å². The van der Waals surface area contributed by atoms with E-state index >= 15 is 0 Å². The summed E-state index contributed by atoms with van der Waals surface area (Å²) in [6.45, 7) is 2.84. The fourth-order valence-corrected chi connectivity index (χ4v) is 6.86. The molecule has 2 fully saturated rings. The lowest BCUT2D eigenvalue weighted by Crippen LogP contribution is -2.52. The molecule has 0 aliphatic carbocycles. The highest BCUT2D eigenvalue weighted by Gasteiger charge is 2.35. The van der Waals surface area contributed by atoms with Gasteiger partial charge in [-0.2, -0.15) is 0 Å². The molecule has 4 rings (SSSR count). The molecule has 2 saturated heterocycles. The molecular weight excluding hydrogens is 470 g/mol. The molecule has 2 amide bonds. The van der Waals surface area contributed by atoms with Crippen molar-refractivity contribution in [1.29, 1.82) is 0 Å². The summed E-state index contributed by atoms with van der Waals surface area (Å²) < 4.78 is 24.0. The molecule has 2 aliphatic rings. The predicted molar refractivity (Wildman–Crippen MR) is 126 cm³/mol. The van der Waals surface area contributed by atoms with E-state index in [2.05, 4.69) is 0 Å². The van der Waals surface area contributed by atoms with E-state index in [1.54, 1.807) is 45.4 Å². The summed E-state index contributed by atoms with van der Waals surface area (Å²) in [6.07, 6.45) is 0.486. The lowest BCUT2D eigenvalue weighted by Gasteiger charge is -2.36. The molecule has 0 bridgehead atoms. The summed E-state index contributed by atoms with van der Waals surface area (Å²) in [6, 6.07) is 10.6. The highest BCUT2D eigenvalue weighted by atomic mass is 35.5. The molecular formula is C22H26ClN3O4S2. The third-order valence-corrected chi connectivity index (χ3v) is 8.94. The van der Waals surface area contributed by atoms with Gasteiger partial charge in [0.1, 0.15) is 0 Å². The molecule has 2 aliphatic heterocycles. The van der Waals surface area contributed by atoms with Crippen molar-refractivity contribution in [3.8, 4) is 0 Å². The fourth-order valence-electron chi connectivity index (χ4n) is 4.21. The van der Waals surface area contributed by atoms with Crippen LogP contribution in [0.2, 0.25) is 5.02 Å². The molecule has 1 aromatic carbocycles. The summed E-state index contributed by atoms with van der Waals surface area (Å²) in [5, 5.41) is 2.39. The molecule has 1 atom stereocenters. The number of benzene rings is 1. The largest absolute Gasteiger partial charge is 0.336 e. The topological polar surface area (TPSA) is 78.0 Å². The SMILES string of the molecule is O=C(c1ccccc1Cl)N1CCN(CC(=O)N(Cc2cccs2)C2CCS(=O)(=O)C2)CC1. The van der Waals surface area contributed by atoms with Gasteiger partial charge in [0.2, 0.25) is 5.91 Å². The molecule has 0 N–H and O–H groups in total. The van der Waals surface area contributed by atoms with E-state index in [1.165, 1.54) is 0 Å². The first-order valence-electron chi connectivity index (χ1n) is 10.6. The highest BCUT2D eigenvalue weighted by molar-refractivity contribution is 7.91. The fraction of sp³-hybridized carbons (Fsp3) is 0.455. The third kappa shape index (κ3) is 5.51. The highest BCUT2D eigenvalue weighted by Crippen LogP contribution is 2.23. The van der Waals surface area contributed by atoms with Crippen LogP contribution in [0.3, 0.4) is 0 Å². The normalized spacial score (nSPS) is 20.9. The van der Waals surface area contributed by atoms with Crippen molar-refractivity contribution < 1.29 is 18.0 Å². The average Bonchev–Trinajstić information content (AvgIpc) is 3.41. The van der Waals surface area contributed by atoms with Crippen molar-refractivity contribution in [3.05, 3.63) is 57.2 Å². The molecule has 1 unspecified atom stereocenters. The van der Waals surface area contributed by atoms with E-state index < -0.39 is 9.84 Å². The molecule has 10 heteroatoms. The number of hydrogen-bond acceptors (Lipinski definition) is 6. The number of halogens is 1. The number of carbonyl (C=O) groups is 2. The van der Waals surface area contributed by atoms with Crippen LogP contribution < -0.4 is 0 Å². The second kappa shape index (κ2) is 9.91. The van der Waals surface area contributed by atoms with E-state index in [4.69, 9.17) is 11.6 Å². The number of sulfone groups is 1. The Morgan fingerprint density at radius 2 is 1.84 bits per heavy atom. The van der Waals surface area contributed by atoms with Crippen LogP contribution >= 0.6 is 22.9 Å². The summed E-state index contributed by atoms with van der Waals surface area (Å²) in [7, 11) is -3.09. The molecule has 7 nitrogen and oxygen atoms in total. The number of thiophene rings is 1. The summed E-state index contributed by atoms with van der Waals surface area (Å²) >= 11 is 7.73. The van der Waals surface area contributed by atoms with Gasteiger partial charge in [-0.3, -0.25) is 14.5 Å². The van der Waals surface area contributed by atoms with E-state index in [0.717, 1.165) is 4.88 Å². The summed E-state index contributed by atoms with van der Waals surface area (Å²) in [4.78, 5) is 32.5. The average molecular weight is 496 g/mol. The number of carbonyl (C=O) groups excluding carboxylic acids is 2. The zero-order chi connectivity index (χ0) is 22.7. The maximum absolute atomic E-state index is 13.2.